The van der Waals surface area contributed by atoms with Crippen molar-refractivity contribution in [2.45, 2.75) is 26.7 Å². The van der Waals surface area contributed by atoms with Gasteiger partial charge in [0.2, 0.25) is 0 Å². The Morgan fingerprint density at radius 3 is 2.47 bits per heavy atom. The Morgan fingerprint density at radius 2 is 2.13 bits per heavy atom. The molecule has 0 heterocycles. The van der Waals surface area contributed by atoms with Crippen molar-refractivity contribution >= 4 is 12.3 Å². The lowest BCUT2D eigenvalue weighted by Crippen LogP contribution is -2.50. The first kappa shape index (κ1) is 13.6. The molecule has 0 bridgehead atoms. The molecule has 1 unspecified atom stereocenters. The molecule has 0 amide bonds. The van der Waals surface area contributed by atoms with Crippen LogP contribution < -0.4 is 5.90 Å². The zero-order valence-corrected chi connectivity index (χ0v) is 9.41. The predicted octanol–water partition coefficient (Wildman–Crippen LogP) is 0.222. The number of rotatable bonds is 6. The summed E-state index contributed by atoms with van der Waals surface area (Å²) in [5.41, 5.74) is 0.297. The van der Waals surface area contributed by atoms with Crippen molar-refractivity contribution in [2.75, 3.05) is 7.11 Å². The van der Waals surface area contributed by atoms with E-state index in [-0.39, 0.29) is 5.76 Å². The number of carbonyl (C=O) groups is 2. The Morgan fingerprint density at radius 1 is 1.53 bits per heavy atom. The van der Waals surface area contributed by atoms with Crippen LogP contribution in [0.25, 0.3) is 0 Å². The fraction of sp³-hybridized carbons (Fsp3) is 0.600. The molecule has 5 nitrogen and oxygen atoms in total. The zero-order chi connectivity index (χ0) is 11.8. The summed E-state index contributed by atoms with van der Waals surface area (Å²) in [5, 5.41) is 0. The Labute approximate surface area is 89.2 Å². The lowest BCUT2D eigenvalue weighted by Gasteiger charge is -2.09. The van der Waals surface area contributed by atoms with Crippen LogP contribution in [0.15, 0.2) is 11.3 Å². The molecule has 0 radical (unpaired) electrons. The summed E-state index contributed by atoms with van der Waals surface area (Å²) in [6, 6.07) is 0. The largest absolute Gasteiger partial charge is 0.463 e. The molecule has 0 saturated carbocycles. The number of aldehydes is 1. The van der Waals surface area contributed by atoms with E-state index in [1.807, 2.05) is 13.8 Å². The van der Waals surface area contributed by atoms with Gasteiger partial charge in [0.25, 0.3) is 5.76 Å². The van der Waals surface area contributed by atoms with Gasteiger partial charge in [-0.3, -0.25) is 4.79 Å². The highest BCUT2D eigenvalue weighted by atomic mass is 16.6. The fourth-order valence-corrected chi connectivity index (χ4v) is 1.09. The second-order valence-corrected chi connectivity index (χ2v) is 3.33. The third-order valence-electron chi connectivity index (χ3n) is 2.21. The summed E-state index contributed by atoms with van der Waals surface area (Å²) in [6.45, 7) is 4.00. The topological polar surface area (TPSA) is 80.2 Å². The number of ether oxygens (including phenoxy) is 1. The highest BCUT2D eigenvalue weighted by Crippen LogP contribution is 2.16. The highest BCUT2D eigenvalue weighted by molar-refractivity contribution is 5.93. The molecule has 0 aromatic heterocycles. The van der Waals surface area contributed by atoms with Gasteiger partial charge in [0.1, 0.15) is 6.29 Å². The normalized spacial score (nSPS) is 13.9. The molecule has 15 heavy (non-hydrogen) atoms. The lowest BCUT2D eigenvalue weighted by molar-refractivity contribution is -0.670. The van der Waals surface area contributed by atoms with Gasteiger partial charge in [-0.05, 0) is 12.3 Å². The fourth-order valence-electron chi connectivity index (χ4n) is 1.09. The summed E-state index contributed by atoms with van der Waals surface area (Å²) >= 11 is 0. The number of esters is 1. The van der Waals surface area contributed by atoms with E-state index >= 15 is 0 Å². The van der Waals surface area contributed by atoms with E-state index in [1.54, 1.807) is 0 Å². The summed E-state index contributed by atoms with van der Waals surface area (Å²) in [7, 11) is 1.23. The molecule has 0 spiro atoms. The van der Waals surface area contributed by atoms with Crippen LogP contribution in [0, 0.1) is 5.92 Å². The Bertz CT molecular complexity index is 260. The standard InChI is InChI=1S/C10H18NO4/c1-4-7(2)5-8(6-12)9(15-11)10(13)14-3/h6-7H,4-5H2,1-3,11H3/q+1/b9-8+. The molecule has 0 aliphatic heterocycles. The molecule has 0 aromatic rings. The van der Waals surface area contributed by atoms with Crippen molar-refractivity contribution in [3.63, 3.8) is 0 Å². The van der Waals surface area contributed by atoms with E-state index in [0.717, 1.165) is 6.42 Å². The zero-order valence-electron chi connectivity index (χ0n) is 9.41. The van der Waals surface area contributed by atoms with E-state index < -0.39 is 5.97 Å². The lowest BCUT2D eigenvalue weighted by atomic mass is 9.99. The average molecular weight is 216 g/mol. The van der Waals surface area contributed by atoms with Gasteiger partial charge in [0.05, 0.1) is 7.11 Å². The number of allylic oxidation sites excluding steroid dienone is 1. The molecule has 0 fully saturated rings. The minimum atomic E-state index is -0.671. The molecule has 5 heteroatoms. The second-order valence-electron chi connectivity index (χ2n) is 3.33. The van der Waals surface area contributed by atoms with Crippen molar-refractivity contribution < 1.29 is 25.1 Å². The average Bonchev–Trinajstić information content (AvgIpc) is 2.27. The first-order valence-corrected chi connectivity index (χ1v) is 4.79. The SMILES string of the molecule is CCC(C)C/C(C=O)=C(\O[NH3+])C(=O)OC. The van der Waals surface area contributed by atoms with Gasteiger partial charge < -0.3 is 9.57 Å². The van der Waals surface area contributed by atoms with E-state index in [2.05, 4.69) is 15.5 Å². The monoisotopic (exact) mass is 216 g/mol. The molecule has 0 aliphatic rings. The number of hydrogen-bond donors (Lipinski definition) is 1. The molecule has 3 N–H and O–H groups in total. The Hall–Kier alpha value is -1.36. The van der Waals surface area contributed by atoms with Gasteiger partial charge in [-0.1, -0.05) is 20.3 Å². The Balaban J connectivity index is 4.90. The van der Waals surface area contributed by atoms with Crippen LogP contribution in [0.1, 0.15) is 26.7 Å². The maximum atomic E-state index is 11.2. The molecule has 0 saturated heterocycles. The quantitative estimate of drug-likeness (QED) is 0.226. The first-order valence-electron chi connectivity index (χ1n) is 4.79. The van der Waals surface area contributed by atoms with E-state index in [1.165, 1.54) is 7.11 Å². The first-order chi connectivity index (χ1) is 7.10. The molecule has 0 rings (SSSR count). The third-order valence-corrected chi connectivity index (χ3v) is 2.21. The van der Waals surface area contributed by atoms with E-state index in [4.69, 9.17) is 0 Å². The van der Waals surface area contributed by atoms with Crippen molar-refractivity contribution in [1.82, 2.24) is 0 Å². The molecular weight excluding hydrogens is 198 g/mol. The van der Waals surface area contributed by atoms with Crippen LogP contribution in [0.3, 0.4) is 0 Å². The molecule has 86 valence electrons. The van der Waals surface area contributed by atoms with Crippen LogP contribution in [0.5, 0.6) is 0 Å². The highest BCUT2D eigenvalue weighted by Gasteiger charge is 2.20. The minimum absolute atomic E-state index is 0.104. The van der Waals surface area contributed by atoms with E-state index in [0.29, 0.717) is 24.2 Å². The number of methoxy groups -OCH3 is 1. The van der Waals surface area contributed by atoms with Gasteiger partial charge in [0, 0.05) is 5.57 Å². The van der Waals surface area contributed by atoms with Crippen molar-refractivity contribution in [3.05, 3.63) is 11.3 Å². The van der Waals surface area contributed by atoms with Crippen LogP contribution in [0.4, 0.5) is 0 Å². The molecule has 0 aromatic carbocycles. The van der Waals surface area contributed by atoms with Gasteiger partial charge in [0.15, 0.2) is 0 Å². The molecule has 1 atom stereocenters. The van der Waals surface area contributed by atoms with Gasteiger partial charge in [-0.25, -0.2) is 4.79 Å². The maximum absolute atomic E-state index is 11.2. The second kappa shape index (κ2) is 7.00. The summed E-state index contributed by atoms with van der Waals surface area (Å²) < 4.78 is 4.48. The molecule has 0 aliphatic carbocycles. The van der Waals surface area contributed by atoms with Gasteiger partial charge in [-0.2, -0.15) is 5.90 Å². The summed E-state index contributed by atoms with van der Waals surface area (Å²) in [4.78, 5) is 26.6. The Kier molecular flexibility index (Phi) is 6.37. The van der Waals surface area contributed by atoms with Crippen LogP contribution in [-0.2, 0) is 19.2 Å². The minimum Gasteiger partial charge on any atom is -0.463 e. The predicted molar refractivity (Wildman–Crippen MR) is 53.2 cm³/mol. The summed E-state index contributed by atoms with van der Waals surface area (Å²) in [5.74, 6) is 2.67. The number of hydrogen-bond acceptors (Lipinski definition) is 4. The van der Waals surface area contributed by atoms with E-state index in [9.17, 15) is 9.59 Å². The van der Waals surface area contributed by atoms with Crippen LogP contribution in [-0.4, -0.2) is 19.4 Å². The smallest absolute Gasteiger partial charge is 0.381 e. The third kappa shape index (κ3) is 4.12. The molecular formula is C10H18NO4+. The van der Waals surface area contributed by atoms with Crippen LogP contribution in [0.2, 0.25) is 0 Å². The van der Waals surface area contributed by atoms with Gasteiger partial charge in [-0.15, -0.1) is 0 Å². The van der Waals surface area contributed by atoms with Crippen molar-refractivity contribution in [2.24, 2.45) is 5.92 Å². The van der Waals surface area contributed by atoms with Crippen molar-refractivity contribution in [1.29, 1.82) is 0 Å². The maximum Gasteiger partial charge on any atom is 0.381 e. The van der Waals surface area contributed by atoms with Crippen LogP contribution >= 0.6 is 0 Å². The van der Waals surface area contributed by atoms with Crippen molar-refractivity contribution in [3.8, 4) is 0 Å². The number of quaternary nitrogens is 1. The number of carbonyl (C=O) groups excluding carboxylic acids is 2. The van der Waals surface area contributed by atoms with Gasteiger partial charge >= 0.3 is 5.97 Å². The summed E-state index contributed by atoms with van der Waals surface area (Å²) in [6.07, 6.45) is 2.02.